The number of halogens is 2. The van der Waals surface area contributed by atoms with E-state index in [-0.39, 0.29) is 24.8 Å². The molecule has 0 bridgehead atoms. The molecule has 0 saturated carbocycles. The van der Waals surface area contributed by atoms with E-state index >= 15 is 0 Å². The molecule has 140 valence electrons. The van der Waals surface area contributed by atoms with Crippen LogP contribution in [-0.2, 0) is 17.8 Å². The van der Waals surface area contributed by atoms with Gasteiger partial charge in [0.2, 0.25) is 0 Å². The third-order valence-corrected chi connectivity index (χ3v) is 4.07. The number of methoxy groups -OCH3 is 1. The van der Waals surface area contributed by atoms with Crippen LogP contribution in [0.4, 0.5) is 0 Å². The Balaban J connectivity index is 0.00000264. The maximum Gasteiger partial charge on any atom is 0.123 e. The summed E-state index contributed by atoms with van der Waals surface area (Å²) in [7, 11) is 1.75. The summed E-state index contributed by atoms with van der Waals surface area (Å²) in [6.45, 7) is 11.1. The van der Waals surface area contributed by atoms with Crippen LogP contribution in [0.1, 0.15) is 31.4 Å². The Hall–Kier alpha value is -0.520. The number of ether oxygens (including phenoxy) is 2. The molecule has 2 rings (SSSR count). The monoisotopic (exact) mass is 378 g/mol. The number of nitrogens with zero attached hydrogens (tertiary/aromatic N) is 1. The Labute approximate surface area is 159 Å². The predicted octanol–water partition coefficient (Wildman–Crippen LogP) is 3.51. The number of morpholine rings is 1. The minimum absolute atomic E-state index is 0. The molecule has 1 N–H and O–H groups in total. The SMILES string of the molecule is COc1ccc(CNCCC(C)C)cc1CN1CCOCC1.Cl.Cl. The van der Waals surface area contributed by atoms with Gasteiger partial charge in [0.1, 0.15) is 5.75 Å². The Bertz CT molecular complexity index is 453. The average molecular weight is 379 g/mol. The van der Waals surface area contributed by atoms with E-state index in [2.05, 4.69) is 42.3 Å². The highest BCUT2D eigenvalue weighted by Crippen LogP contribution is 2.22. The quantitative estimate of drug-likeness (QED) is 0.701. The predicted molar refractivity (Wildman–Crippen MR) is 105 cm³/mol. The first-order valence-electron chi connectivity index (χ1n) is 8.35. The summed E-state index contributed by atoms with van der Waals surface area (Å²) in [4.78, 5) is 2.43. The van der Waals surface area contributed by atoms with Crippen molar-refractivity contribution >= 4 is 24.8 Å². The zero-order valence-corrected chi connectivity index (χ0v) is 16.7. The Kier molecular flexibility index (Phi) is 12.5. The van der Waals surface area contributed by atoms with Crippen LogP contribution in [0.25, 0.3) is 0 Å². The smallest absolute Gasteiger partial charge is 0.123 e. The van der Waals surface area contributed by atoms with Gasteiger partial charge >= 0.3 is 0 Å². The van der Waals surface area contributed by atoms with Gasteiger partial charge in [-0.3, -0.25) is 4.90 Å². The first-order valence-corrected chi connectivity index (χ1v) is 8.35. The van der Waals surface area contributed by atoms with E-state index in [1.54, 1.807) is 7.11 Å². The van der Waals surface area contributed by atoms with Crippen LogP contribution in [0, 0.1) is 5.92 Å². The lowest BCUT2D eigenvalue weighted by Gasteiger charge is -2.27. The van der Waals surface area contributed by atoms with Gasteiger partial charge in [-0.05, 0) is 36.6 Å². The van der Waals surface area contributed by atoms with Gasteiger partial charge in [-0.15, -0.1) is 24.8 Å². The van der Waals surface area contributed by atoms with Crippen LogP contribution in [0.2, 0.25) is 0 Å². The molecular weight excluding hydrogens is 347 g/mol. The summed E-state index contributed by atoms with van der Waals surface area (Å²) in [5, 5.41) is 3.53. The van der Waals surface area contributed by atoms with Gasteiger partial charge < -0.3 is 14.8 Å². The summed E-state index contributed by atoms with van der Waals surface area (Å²) in [6.07, 6.45) is 1.22. The first kappa shape index (κ1) is 23.5. The van der Waals surface area contributed by atoms with E-state index < -0.39 is 0 Å². The molecule has 0 unspecified atom stereocenters. The van der Waals surface area contributed by atoms with Gasteiger partial charge in [-0.25, -0.2) is 0 Å². The Morgan fingerprint density at radius 1 is 1.21 bits per heavy atom. The fourth-order valence-corrected chi connectivity index (χ4v) is 2.69. The summed E-state index contributed by atoms with van der Waals surface area (Å²) in [5.41, 5.74) is 2.60. The van der Waals surface area contributed by atoms with Crippen molar-refractivity contribution in [1.82, 2.24) is 10.2 Å². The van der Waals surface area contributed by atoms with E-state index in [0.29, 0.717) is 0 Å². The van der Waals surface area contributed by atoms with Crippen LogP contribution in [-0.4, -0.2) is 44.9 Å². The van der Waals surface area contributed by atoms with E-state index in [1.165, 1.54) is 17.5 Å². The molecule has 6 heteroatoms. The number of hydrogen-bond donors (Lipinski definition) is 1. The lowest BCUT2D eigenvalue weighted by Crippen LogP contribution is -2.35. The normalized spacial score (nSPS) is 14.8. The molecule has 1 aliphatic heterocycles. The van der Waals surface area contributed by atoms with E-state index in [4.69, 9.17) is 9.47 Å². The second-order valence-electron chi connectivity index (χ2n) is 6.39. The average Bonchev–Trinajstić information content (AvgIpc) is 2.53. The highest BCUT2D eigenvalue weighted by Gasteiger charge is 2.13. The van der Waals surface area contributed by atoms with Gasteiger partial charge in [0.25, 0.3) is 0 Å². The molecule has 0 aliphatic carbocycles. The molecule has 1 heterocycles. The van der Waals surface area contributed by atoms with E-state index in [1.807, 2.05) is 0 Å². The number of hydrogen-bond acceptors (Lipinski definition) is 4. The summed E-state index contributed by atoms with van der Waals surface area (Å²) in [5.74, 6) is 1.73. The Morgan fingerprint density at radius 2 is 1.92 bits per heavy atom. The van der Waals surface area contributed by atoms with Crippen molar-refractivity contribution in [2.24, 2.45) is 5.92 Å². The molecule has 4 nitrogen and oxygen atoms in total. The molecule has 1 fully saturated rings. The van der Waals surface area contributed by atoms with Gasteiger partial charge in [0, 0.05) is 31.7 Å². The van der Waals surface area contributed by atoms with Gasteiger partial charge in [-0.1, -0.05) is 19.9 Å². The molecule has 0 amide bonds. The second-order valence-corrected chi connectivity index (χ2v) is 6.39. The van der Waals surface area contributed by atoms with E-state index in [9.17, 15) is 0 Å². The van der Waals surface area contributed by atoms with Crippen LogP contribution >= 0.6 is 24.8 Å². The van der Waals surface area contributed by atoms with Gasteiger partial charge in [-0.2, -0.15) is 0 Å². The van der Waals surface area contributed by atoms with Crippen molar-refractivity contribution in [2.75, 3.05) is 40.0 Å². The molecule has 1 aromatic rings. The topological polar surface area (TPSA) is 33.7 Å². The molecule has 0 radical (unpaired) electrons. The highest BCUT2D eigenvalue weighted by molar-refractivity contribution is 5.85. The van der Waals surface area contributed by atoms with Crippen LogP contribution in [0.3, 0.4) is 0 Å². The van der Waals surface area contributed by atoms with Crippen molar-refractivity contribution in [2.45, 2.75) is 33.4 Å². The molecule has 1 aromatic carbocycles. The van der Waals surface area contributed by atoms with E-state index in [0.717, 1.165) is 57.6 Å². The first-order chi connectivity index (χ1) is 10.7. The Morgan fingerprint density at radius 3 is 2.54 bits per heavy atom. The molecule has 0 aromatic heterocycles. The number of nitrogens with one attached hydrogen (secondary N) is 1. The standard InChI is InChI=1S/C18H30N2O2.2ClH/c1-15(2)6-7-19-13-16-4-5-18(21-3)17(12-16)14-20-8-10-22-11-9-20;;/h4-5,12,15,19H,6-11,13-14H2,1-3H3;2*1H. The fraction of sp³-hybridized carbons (Fsp3) is 0.667. The van der Waals surface area contributed by atoms with Crippen molar-refractivity contribution < 1.29 is 9.47 Å². The number of benzene rings is 1. The van der Waals surface area contributed by atoms with Crippen molar-refractivity contribution in [3.8, 4) is 5.75 Å². The molecule has 24 heavy (non-hydrogen) atoms. The fourth-order valence-electron chi connectivity index (χ4n) is 2.69. The molecule has 0 spiro atoms. The highest BCUT2D eigenvalue weighted by atomic mass is 35.5. The zero-order chi connectivity index (χ0) is 15.8. The molecule has 0 atom stereocenters. The van der Waals surface area contributed by atoms with Crippen molar-refractivity contribution in [1.29, 1.82) is 0 Å². The van der Waals surface area contributed by atoms with Crippen molar-refractivity contribution in [3.63, 3.8) is 0 Å². The summed E-state index contributed by atoms with van der Waals surface area (Å²) < 4.78 is 10.9. The molecule has 1 aliphatic rings. The van der Waals surface area contributed by atoms with Crippen LogP contribution < -0.4 is 10.1 Å². The minimum atomic E-state index is 0. The third kappa shape index (κ3) is 8.04. The van der Waals surface area contributed by atoms with Crippen LogP contribution in [0.15, 0.2) is 18.2 Å². The second kappa shape index (κ2) is 12.8. The third-order valence-electron chi connectivity index (χ3n) is 4.07. The maximum absolute atomic E-state index is 5.52. The lowest BCUT2D eigenvalue weighted by molar-refractivity contribution is 0.0339. The van der Waals surface area contributed by atoms with Crippen molar-refractivity contribution in [3.05, 3.63) is 29.3 Å². The van der Waals surface area contributed by atoms with Crippen LogP contribution in [0.5, 0.6) is 5.75 Å². The summed E-state index contributed by atoms with van der Waals surface area (Å²) >= 11 is 0. The zero-order valence-electron chi connectivity index (χ0n) is 15.0. The number of rotatable bonds is 8. The molecular formula is C18H32Cl2N2O2. The van der Waals surface area contributed by atoms with Gasteiger partial charge in [0.05, 0.1) is 20.3 Å². The largest absolute Gasteiger partial charge is 0.496 e. The molecule has 1 saturated heterocycles. The summed E-state index contributed by atoms with van der Waals surface area (Å²) in [6, 6.07) is 6.52. The van der Waals surface area contributed by atoms with Gasteiger partial charge in [0.15, 0.2) is 0 Å². The lowest BCUT2D eigenvalue weighted by atomic mass is 10.1. The maximum atomic E-state index is 5.52. The minimum Gasteiger partial charge on any atom is -0.496 e.